The highest BCUT2D eigenvalue weighted by molar-refractivity contribution is 5.98. The summed E-state index contributed by atoms with van der Waals surface area (Å²) in [6, 6.07) is 5.89. The minimum absolute atomic E-state index is 0.0966. The van der Waals surface area contributed by atoms with Gasteiger partial charge in [-0.25, -0.2) is 0 Å². The average molecular weight is 288 g/mol. The quantitative estimate of drug-likeness (QED) is 0.822. The molecule has 3 heteroatoms. The van der Waals surface area contributed by atoms with Crippen LogP contribution in [0.2, 0.25) is 0 Å². The van der Waals surface area contributed by atoms with Gasteiger partial charge in [0.15, 0.2) is 5.78 Å². The number of carbonyl (C=O) groups is 2. The number of hydrogen-bond acceptors (Lipinski definition) is 2. The molecular weight excluding hydrogens is 264 g/mol. The maximum Gasteiger partial charge on any atom is 0.303 e. The summed E-state index contributed by atoms with van der Waals surface area (Å²) >= 11 is 0. The predicted molar refractivity (Wildman–Crippen MR) is 82.6 cm³/mol. The van der Waals surface area contributed by atoms with Crippen LogP contribution in [0.5, 0.6) is 0 Å². The van der Waals surface area contributed by atoms with E-state index in [1.54, 1.807) is 0 Å². The SMILES string of the molecule is Cc1ccc(C)c(C(=O)CC2(CC(=O)O)CCCCC2)c1. The fourth-order valence-corrected chi connectivity index (χ4v) is 3.51. The Balaban J connectivity index is 2.21. The summed E-state index contributed by atoms with van der Waals surface area (Å²) in [6.45, 7) is 3.92. The van der Waals surface area contributed by atoms with Crippen molar-refractivity contribution in [2.45, 2.75) is 58.8 Å². The van der Waals surface area contributed by atoms with Crippen LogP contribution in [0.25, 0.3) is 0 Å². The second-order valence-corrected chi connectivity index (χ2v) is 6.55. The number of carbonyl (C=O) groups excluding carboxylic acids is 1. The smallest absolute Gasteiger partial charge is 0.303 e. The number of benzene rings is 1. The lowest BCUT2D eigenvalue weighted by Crippen LogP contribution is -2.30. The molecule has 114 valence electrons. The molecule has 0 atom stereocenters. The van der Waals surface area contributed by atoms with E-state index < -0.39 is 5.97 Å². The van der Waals surface area contributed by atoms with Gasteiger partial charge in [-0.3, -0.25) is 9.59 Å². The van der Waals surface area contributed by atoms with Crippen LogP contribution in [0.1, 0.15) is 66.4 Å². The molecule has 1 N–H and O–H groups in total. The van der Waals surface area contributed by atoms with E-state index in [4.69, 9.17) is 0 Å². The third-order valence-corrected chi connectivity index (χ3v) is 4.67. The molecule has 1 aliphatic rings. The summed E-state index contributed by atoms with van der Waals surface area (Å²) in [5.74, 6) is -0.690. The zero-order chi connectivity index (χ0) is 15.5. The van der Waals surface area contributed by atoms with Gasteiger partial charge < -0.3 is 5.11 Å². The molecule has 0 spiro atoms. The van der Waals surface area contributed by atoms with Gasteiger partial charge in [-0.2, -0.15) is 0 Å². The highest BCUT2D eigenvalue weighted by Crippen LogP contribution is 2.43. The van der Waals surface area contributed by atoms with Gasteiger partial charge in [0.05, 0.1) is 6.42 Å². The molecule has 21 heavy (non-hydrogen) atoms. The number of hydrogen-bond donors (Lipinski definition) is 1. The van der Waals surface area contributed by atoms with E-state index in [1.807, 2.05) is 32.0 Å². The number of Topliss-reactive ketones (excluding diaryl/α,β-unsaturated/α-hetero) is 1. The molecule has 3 nitrogen and oxygen atoms in total. The molecule has 0 saturated heterocycles. The van der Waals surface area contributed by atoms with Crippen molar-refractivity contribution in [3.05, 3.63) is 34.9 Å². The third kappa shape index (κ3) is 3.93. The zero-order valence-electron chi connectivity index (χ0n) is 12.9. The molecule has 0 heterocycles. The average Bonchev–Trinajstić information content (AvgIpc) is 2.41. The van der Waals surface area contributed by atoms with E-state index in [0.29, 0.717) is 6.42 Å². The van der Waals surface area contributed by atoms with Crippen molar-refractivity contribution in [2.24, 2.45) is 5.41 Å². The Hall–Kier alpha value is -1.64. The Kier molecular flexibility index (Phi) is 4.81. The monoisotopic (exact) mass is 288 g/mol. The Labute approximate surface area is 126 Å². The molecule has 0 unspecified atom stereocenters. The molecule has 1 saturated carbocycles. The fraction of sp³-hybridized carbons (Fsp3) is 0.556. The molecule has 1 aromatic carbocycles. The van der Waals surface area contributed by atoms with E-state index >= 15 is 0 Å². The fourth-order valence-electron chi connectivity index (χ4n) is 3.51. The summed E-state index contributed by atoms with van der Waals surface area (Å²) < 4.78 is 0. The minimum Gasteiger partial charge on any atom is -0.481 e. The van der Waals surface area contributed by atoms with Crippen LogP contribution in [0.15, 0.2) is 18.2 Å². The van der Waals surface area contributed by atoms with Gasteiger partial charge in [-0.1, -0.05) is 37.0 Å². The Morgan fingerprint density at radius 3 is 2.38 bits per heavy atom. The highest BCUT2D eigenvalue weighted by atomic mass is 16.4. The molecule has 1 fully saturated rings. The van der Waals surface area contributed by atoms with Gasteiger partial charge in [0.2, 0.25) is 0 Å². The van der Waals surface area contributed by atoms with Crippen LogP contribution in [-0.4, -0.2) is 16.9 Å². The van der Waals surface area contributed by atoms with Crippen molar-refractivity contribution in [1.29, 1.82) is 0 Å². The van der Waals surface area contributed by atoms with Crippen molar-refractivity contribution in [3.8, 4) is 0 Å². The highest BCUT2D eigenvalue weighted by Gasteiger charge is 2.36. The normalized spacial score (nSPS) is 17.4. The molecule has 0 radical (unpaired) electrons. The molecule has 0 aliphatic heterocycles. The zero-order valence-corrected chi connectivity index (χ0v) is 12.9. The molecule has 2 rings (SSSR count). The number of aliphatic carboxylic acids is 1. The summed E-state index contributed by atoms with van der Waals surface area (Å²) in [7, 11) is 0. The topological polar surface area (TPSA) is 54.4 Å². The lowest BCUT2D eigenvalue weighted by atomic mass is 9.68. The number of ketones is 1. The summed E-state index contributed by atoms with van der Waals surface area (Å²) in [6.07, 6.45) is 5.42. The standard InChI is InChI=1S/C18H24O3/c1-13-6-7-14(2)15(10-13)16(19)11-18(12-17(20)21)8-4-3-5-9-18/h6-7,10H,3-5,8-9,11-12H2,1-2H3,(H,20,21). The van der Waals surface area contributed by atoms with Gasteiger partial charge in [-0.15, -0.1) is 0 Å². The third-order valence-electron chi connectivity index (χ3n) is 4.67. The number of rotatable bonds is 5. The first kappa shape index (κ1) is 15.7. The first-order valence-corrected chi connectivity index (χ1v) is 7.74. The van der Waals surface area contributed by atoms with Crippen LogP contribution < -0.4 is 0 Å². The van der Waals surface area contributed by atoms with Gasteiger partial charge in [0.1, 0.15) is 0 Å². The molecular formula is C18H24O3. The largest absolute Gasteiger partial charge is 0.481 e. The van der Waals surface area contributed by atoms with Gasteiger partial charge in [-0.05, 0) is 43.7 Å². The number of carboxylic acids is 1. The number of carboxylic acid groups (broad SMARTS) is 1. The van der Waals surface area contributed by atoms with Crippen molar-refractivity contribution in [2.75, 3.05) is 0 Å². The van der Waals surface area contributed by atoms with E-state index in [-0.39, 0.29) is 17.6 Å². The van der Waals surface area contributed by atoms with Crippen LogP contribution in [0.4, 0.5) is 0 Å². The van der Waals surface area contributed by atoms with Gasteiger partial charge in [0.25, 0.3) is 0 Å². The minimum atomic E-state index is -0.786. The molecule has 1 aromatic rings. The lowest BCUT2D eigenvalue weighted by molar-refractivity contribution is -0.140. The first-order valence-electron chi connectivity index (χ1n) is 7.74. The Morgan fingerprint density at radius 1 is 1.10 bits per heavy atom. The summed E-state index contributed by atoms with van der Waals surface area (Å²) in [5, 5.41) is 9.20. The second kappa shape index (κ2) is 6.42. The predicted octanol–water partition coefficient (Wildman–Crippen LogP) is 4.30. The van der Waals surface area contributed by atoms with Crippen molar-refractivity contribution in [1.82, 2.24) is 0 Å². The van der Waals surface area contributed by atoms with Crippen LogP contribution >= 0.6 is 0 Å². The Morgan fingerprint density at radius 2 is 1.76 bits per heavy atom. The van der Waals surface area contributed by atoms with Crippen molar-refractivity contribution < 1.29 is 14.7 Å². The van der Waals surface area contributed by atoms with Crippen molar-refractivity contribution in [3.63, 3.8) is 0 Å². The summed E-state index contributed by atoms with van der Waals surface area (Å²) in [4.78, 5) is 23.9. The van der Waals surface area contributed by atoms with E-state index in [1.165, 1.54) is 0 Å². The molecule has 0 amide bonds. The Bertz CT molecular complexity index is 539. The van der Waals surface area contributed by atoms with E-state index in [9.17, 15) is 14.7 Å². The maximum atomic E-state index is 12.7. The molecule has 1 aliphatic carbocycles. The number of aryl methyl sites for hydroxylation is 2. The van der Waals surface area contributed by atoms with Crippen LogP contribution in [-0.2, 0) is 4.79 Å². The molecule has 0 aromatic heterocycles. The van der Waals surface area contributed by atoms with Crippen LogP contribution in [0.3, 0.4) is 0 Å². The van der Waals surface area contributed by atoms with E-state index in [2.05, 4.69) is 0 Å². The van der Waals surface area contributed by atoms with Gasteiger partial charge in [0, 0.05) is 12.0 Å². The second-order valence-electron chi connectivity index (χ2n) is 6.55. The van der Waals surface area contributed by atoms with Crippen molar-refractivity contribution >= 4 is 11.8 Å². The first-order chi connectivity index (χ1) is 9.92. The van der Waals surface area contributed by atoms with Crippen LogP contribution in [0, 0.1) is 19.3 Å². The molecule has 0 bridgehead atoms. The van der Waals surface area contributed by atoms with E-state index in [0.717, 1.165) is 48.8 Å². The lowest BCUT2D eigenvalue weighted by Gasteiger charge is -2.35. The maximum absolute atomic E-state index is 12.7. The summed E-state index contributed by atoms with van der Waals surface area (Å²) in [5.41, 5.74) is 2.47. The van der Waals surface area contributed by atoms with Gasteiger partial charge >= 0.3 is 5.97 Å².